The number of benzene rings is 1. The zero-order valence-electron chi connectivity index (χ0n) is 14.7. The maximum atomic E-state index is 12.4. The summed E-state index contributed by atoms with van der Waals surface area (Å²) in [6, 6.07) is 7.77. The number of nitro groups is 1. The molecule has 1 aromatic carbocycles. The van der Waals surface area contributed by atoms with E-state index in [2.05, 4.69) is 10.1 Å². The van der Waals surface area contributed by atoms with Crippen LogP contribution in [0.15, 0.2) is 36.5 Å². The van der Waals surface area contributed by atoms with Crippen LogP contribution in [0.25, 0.3) is 11.0 Å². The van der Waals surface area contributed by atoms with Crippen LogP contribution in [0.4, 0.5) is 5.69 Å². The molecule has 0 saturated carbocycles. The molecule has 26 heavy (non-hydrogen) atoms. The van der Waals surface area contributed by atoms with E-state index < -0.39 is 10.9 Å². The van der Waals surface area contributed by atoms with Gasteiger partial charge in [-0.2, -0.15) is 5.10 Å². The molecule has 0 aliphatic heterocycles. The summed E-state index contributed by atoms with van der Waals surface area (Å²) in [6.45, 7) is 5.80. The van der Waals surface area contributed by atoms with E-state index in [0.717, 1.165) is 11.0 Å². The minimum absolute atomic E-state index is 0.00672. The van der Waals surface area contributed by atoms with Crippen LogP contribution >= 0.6 is 0 Å². The molecule has 3 rings (SSSR count). The molecular formula is C18H18N4O4. The molecule has 8 nitrogen and oxygen atoms in total. The molecule has 0 unspecified atom stereocenters. The molecule has 134 valence electrons. The molecule has 0 N–H and O–H groups in total. The second kappa shape index (κ2) is 6.91. The molecule has 0 atom stereocenters. The number of hydrogen-bond acceptors (Lipinski definition) is 6. The molecule has 0 spiro atoms. The summed E-state index contributed by atoms with van der Waals surface area (Å²) < 4.78 is 7.12. The number of rotatable bonds is 5. The van der Waals surface area contributed by atoms with Crippen molar-refractivity contribution in [3.05, 3.63) is 63.5 Å². The van der Waals surface area contributed by atoms with Gasteiger partial charge in [0.05, 0.1) is 22.4 Å². The van der Waals surface area contributed by atoms with Gasteiger partial charge in [-0.1, -0.05) is 0 Å². The highest BCUT2D eigenvalue weighted by molar-refractivity contribution is 5.94. The van der Waals surface area contributed by atoms with Gasteiger partial charge < -0.3 is 4.74 Å². The van der Waals surface area contributed by atoms with Gasteiger partial charge in [0.1, 0.15) is 6.61 Å². The first-order chi connectivity index (χ1) is 12.4. The number of carbonyl (C=O) groups is 1. The number of aromatic nitrogens is 3. The minimum atomic E-state index is -0.493. The molecular weight excluding hydrogens is 336 g/mol. The predicted molar refractivity (Wildman–Crippen MR) is 94.9 cm³/mol. The van der Waals surface area contributed by atoms with E-state index in [0.29, 0.717) is 16.8 Å². The Balaban J connectivity index is 1.77. The smallest absolute Gasteiger partial charge is 0.340 e. The first kappa shape index (κ1) is 17.5. The van der Waals surface area contributed by atoms with E-state index in [-0.39, 0.29) is 18.3 Å². The molecule has 0 amide bonds. The van der Waals surface area contributed by atoms with Crippen molar-refractivity contribution in [2.75, 3.05) is 0 Å². The highest BCUT2D eigenvalue weighted by atomic mass is 16.6. The SMILES string of the molecule is Cc1nc2c(cnn2C(C)C)cc1C(=O)OCc1ccc([N+](=O)[O-])cc1. The van der Waals surface area contributed by atoms with Crippen LogP contribution in [-0.2, 0) is 11.3 Å². The molecule has 0 aliphatic rings. The standard InChI is InChI=1S/C18H18N4O4/c1-11(2)21-17-14(9-19-21)8-16(12(3)20-17)18(23)26-10-13-4-6-15(7-5-13)22(24)25/h4-9,11H,10H2,1-3H3. The van der Waals surface area contributed by atoms with E-state index in [1.165, 1.54) is 12.1 Å². The molecule has 2 aromatic heterocycles. The van der Waals surface area contributed by atoms with E-state index in [4.69, 9.17) is 4.74 Å². The van der Waals surface area contributed by atoms with Crippen molar-refractivity contribution in [2.24, 2.45) is 0 Å². The molecule has 0 saturated heterocycles. The topological polar surface area (TPSA) is 100 Å². The van der Waals surface area contributed by atoms with Gasteiger partial charge in [0.25, 0.3) is 5.69 Å². The van der Waals surface area contributed by atoms with Crippen molar-refractivity contribution >= 4 is 22.7 Å². The maximum absolute atomic E-state index is 12.4. The lowest BCUT2D eigenvalue weighted by molar-refractivity contribution is -0.384. The molecule has 8 heteroatoms. The summed E-state index contributed by atoms with van der Waals surface area (Å²) in [5, 5.41) is 15.7. The average Bonchev–Trinajstić information content (AvgIpc) is 3.02. The van der Waals surface area contributed by atoms with Crippen molar-refractivity contribution < 1.29 is 14.5 Å². The Kier molecular flexibility index (Phi) is 4.66. The Morgan fingerprint density at radius 2 is 2.00 bits per heavy atom. The Labute approximate surface area is 149 Å². The number of pyridine rings is 1. The number of aryl methyl sites for hydroxylation is 1. The third-order valence-electron chi connectivity index (χ3n) is 3.99. The van der Waals surface area contributed by atoms with Crippen molar-refractivity contribution in [3.8, 4) is 0 Å². The summed E-state index contributed by atoms with van der Waals surface area (Å²) in [5.41, 5.74) is 2.33. The van der Waals surface area contributed by atoms with Crippen LogP contribution in [0.1, 0.15) is 41.5 Å². The fourth-order valence-electron chi connectivity index (χ4n) is 2.59. The number of nitro benzene ring substituents is 1. The van der Waals surface area contributed by atoms with Crippen molar-refractivity contribution in [2.45, 2.75) is 33.4 Å². The number of hydrogen-bond donors (Lipinski definition) is 0. The van der Waals surface area contributed by atoms with Crippen molar-refractivity contribution in [1.29, 1.82) is 0 Å². The maximum Gasteiger partial charge on any atom is 0.340 e. The number of ether oxygens (including phenoxy) is 1. The first-order valence-electron chi connectivity index (χ1n) is 8.12. The van der Waals surface area contributed by atoms with Gasteiger partial charge in [-0.3, -0.25) is 10.1 Å². The fourth-order valence-corrected chi connectivity index (χ4v) is 2.59. The van der Waals surface area contributed by atoms with Gasteiger partial charge in [-0.05, 0) is 44.5 Å². The molecule has 0 radical (unpaired) electrons. The zero-order valence-corrected chi connectivity index (χ0v) is 14.7. The van der Waals surface area contributed by atoms with Gasteiger partial charge in [-0.15, -0.1) is 0 Å². The summed E-state index contributed by atoms with van der Waals surface area (Å²) in [5.74, 6) is -0.493. The van der Waals surface area contributed by atoms with Gasteiger partial charge in [0, 0.05) is 23.6 Å². The summed E-state index contributed by atoms with van der Waals surface area (Å²) >= 11 is 0. The zero-order chi connectivity index (χ0) is 18.8. The average molecular weight is 354 g/mol. The fraction of sp³-hybridized carbons (Fsp3) is 0.278. The Morgan fingerprint density at radius 3 is 2.62 bits per heavy atom. The Hall–Kier alpha value is -3.29. The third-order valence-corrected chi connectivity index (χ3v) is 3.99. The summed E-state index contributed by atoms with van der Waals surface area (Å²) in [4.78, 5) is 27.1. The number of nitrogens with zero attached hydrogens (tertiary/aromatic N) is 4. The van der Waals surface area contributed by atoms with Crippen LogP contribution < -0.4 is 0 Å². The Bertz CT molecular complexity index is 977. The van der Waals surface area contributed by atoms with Gasteiger partial charge >= 0.3 is 5.97 Å². The number of esters is 1. The molecule has 0 aliphatic carbocycles. The number of fused-ring (bicyclic) bond motifs is 1. The number of carbonyl (C=O) groups excluding carboxylic acids is 1. The lowest BCUT2D eigenvalue weighted by Gasteiger charge is -2.09. The first-order valence-corrected chi connectivity index (χ1v) is 8.12. The lowest BCUT2D eigenvalue weighted by atomic mass is 10.1. The van der Waals surface area contributed by atoms with Crippen LogP contribution in [0.5, 0.6) is 0 Å². The number of non-ortho nitro benzene ring substituents is 1. The van der Waals surface area contributed by atoms with E-state index in [1.807, 2.05) is 13.8 Å². The van der Waals surface area contributed by atoms with E-state index >= 15 is 0 Å². The largest absolute Gasteiger partial charge is 0.457 e. The molecule has 2 heterocycles. The third kappa shape index (κ3) is 3.39. The molecule has 0 fully saturated rings. The summed E-state index contributed by atoms with van der Waals surface area (Å²) in [7, 11) is 0. The van der Waals surface area contributed by atoms with E-state index in [9.17, 15) is 14.9 Å². The van der Waals surface area contributed by atoms with Crippen LogP contribution in [0, 0.1) is 17.0 Å². The highest BCUT2D eigenvalue weighted by Gasteiger charge is 2.16. The highest BCUT2D eigenvalue weighted by Crippen LogP contribution is 2.20. The van der Waals surface area contributed by atoms with Crippen LogP contribution in [0.2, 0.25) is 0 Å². The van der Waals surface area contributed by atoms with Crippen molar-refractivity contribution in [1.82, 2.24) is 14.8 Å². The van der Waals surface area contributed by atoms with Gasteiger partial charge in [0.2, 0.25) is 0 Å². The monoisotopic (exact) mass is 354 g/mol. The van der Waals surface area contributed by atoms with Crippen LogP contribution in [-0.4, -0.2) is 25.7 Å². The van der Waals surface area contributed by atoms with Gasteiger partial charge in [0.15, 0.2) is 5.65 Å². The van der Waals surface area contributed by atoms with Crippen LogP contribution in [0.3, 0.4) is 0 Å². The quantitative estimate of drug-likeness (QED) is 0.394. The second-order valence-corrected chi connectivity index (χ2v) is 6.22. The normalized spacial score (nSPS) is 11.1. The summed E-state index contributed by atoms with van der Waals surface area (Å²) in [6.07, 6.45) is 1.68. The molecule has 0 bridgehead atoms. The van der Waals surface area contributed by atoms with Crippen molar-refractivity contribution in [3.63, 3.8) is 0 Å². The minimum Gasteiger partial charge on any atom is -0.457 e. The Morgan fingerprint density at radius 1 is 1.31 bits per heavy atom. The van der Waals surface area contributed by atoms with E-state index in [1.54, 1.807) is 36.0 Å². The molecule has 3 aromatic rings. The second-order valence-electron chi connectivity index (χ2n) is 6.22. The lowest BCUT2D eigenvalue weighted by Crippen LogP contribution is -2.10. The predicted octanol–water partition coefficient (Wildman–Crippen LogP) is 3.59. The van der Waals surface area contributed by atoms with Gasteiger partial charge in [-0.25, -0.2) is 14.5 Å².